The predicted molar refractivity (Wildman–Crippen MR) is 73.3 cm³/mol. The second-order valence-corrected chi connectivity index (χ2v) is 4.20. The normalized spacial score (nSPS) is 11.6. The van der Waals surface area contributed by atoms with Crippen molar-refractivity contribution in [3.8, 4) is 0 Å². The third kappa shape index (κ3) is 5.87. The molecule has 0 spiro atoms. The molecule has 19 heavy (non-hydrogen) atoms. The molecule has 3 amide bonds. The van der Waals surface area contributed by atoms with Gasteiger partial charge in [0.25, 0.3) is 0 Å². The molecule has 1 rings (SSSR count). The third-order valence-electron chi connectivity index (χ3n) is 2.70. The average molecular weight is 264 g/mol. The van der Waals surface area contributed by atoms with Crippen molar-refractivity contribution in [2.45, 2.75) is 6.42 Å². The Kier molecular flexibility index (Phi) is 6.38. The van der Waals surface area contributed by atoms with Gasteiger partial charge in [-0.1, -0.05) is 30.3 Å². The van der Waals surface area contributed by atoms with Crippen LogP contribution in [0, 0.1) is 5.92 Å². The van der Waals surface area contributed by atoms with E-state index in [1.807, 2.05) is 30.3 Å². The van der Waals surface area contributed by atoms with Crippen LogP contribution in [0.4, 0.5) is 4.79 Å². The molecule has 1 atom stereocenters. The molecular formula is C13H20N4O2. The molecule has 0 aromatic heterocycles. The molecule has 0 saturated carbocycles. The van der Waals surface area contributed by atoms with Crippen LogP contribution in [0.5, 0.6) is 0 Å². The lowest BCUT2D eigenvalue weighted by atomic mass is 9.98. The first kappa shape index (κ1) is 15.0. The molecule has 0 radical (unpaired) electrons. The van der Waals surface area contributed by atoms with Crippen molar-refractivity contribution in [1.82, 2.24) is 10.6 Å². The van der Waals surface area contributed by atoms with Gasteiger partial charge in [-0.3, -0.25) is 4.79 Å². The minimum Gasteiger partial charge on any atom is -0.354 e. The predicted octanol–water partition coefficient (Wildman–Crippen LogP) is -0.411. The molecule has 6 nitrogen and oxygen atoms in total. The van der Waals surface area contributed by atoms with Crippen LogP contribution >= 0.6 is 0 Å². The molecule has 0 saturated heterocycles. The SMILES string of the molecule is NCC(Cc1ccccc1)C(=O)NCCNC(N)=O. The van der Waals surface area contributed by atoms with E-state index in [1.54, 1.807) is 0 Å². The van der Waals surface area contributed by atoms with Gasteiger partial charge in [-0.2, -0.15) is 0 Å². The number of nitrogens with two attached hydrogens (primary N) is 2. The Hall–Kier alpha value is -2.08. The van der Waals surface area contributed by atoms with E-state index < -0.39 is 6.03 Å². The van der Waals surface area contributed by atoms with Crippen LogP contribution < -0.4 is 22.1 Å². The minimum absolute atomic E-state index is 0.113. The Labute approximate surface area is 112 Å². The number of hydrogen-bond donors (Lipinski definition) is 4. The van der Waals surface area contributed by atoms with Gasteiger partial charge in [-0.15, -0.1) is 0 Å². The first-order chi connectivity index (χ1) is 9.13. The molecule has 0 fully saturated rings. The monoisotopic (exact) mass is 264 g/mol. The summed E-state index contributed by atoms with van der Waals surface area (Å²) in [5.41, 5.74) is 11.6. The zero-order valence-corrected chi connectivity index (χ0v) is 10.8. The molecule has 104 valence electrons. The number of nitrogens with one attached hydrogen (secondary N) is 2. The molecule has 6 heteroatoms. The van der Waals surface area contributed by atoms with Gasteiger partial charge in [-0.25, -0.2) is 4.79 Å². The molecule has 0 aliphatic heterocycles. The first-order valence-corrected chi connectivity index (χ1v) is 6.18. The fraction of sp³-hybridized carbons (Fsp3) is 0.385. The second-order valence-electron chi connectivity index (χ2n) is 4.20. The lowest BCUT2D eigenvalue weighted by Crippen LogP contribution is -2.41. The first-order valence-electron chi connectivity index (χ1n) is 6.18. The largest absolute Gasteiger partial charge is 0.354 e. The fourth-order valence-electron chi connectivity index (χ4n) is 1.70. The van der Waals surface area contributed by atoms with E-state index in [2.05, 4.69) is 10.6 Å². The summed E-state index contributed by atoms with van der Waals surface area (Å²) in [5.74, 6) is -0.381. The van der Waals surface area contributed by atoms with E-state index in [0.717, 1.165) is 5.56 Å². The number of primary amides is 1. The molecule has 1 aromatic carbocycles. The summed E-state index contributed by atoms with van der Waals surface area (Å²) in [6, 6.07) is 9.11. The molecule has 6 N–H and O–H groups in total. The Morgan fingerprint density at radius 1 is 1.11 bits per heavy atom. The Morgan fingerprint density at radius 3 is 2.32 bits per heavy atom. The summed E-state index contributed by atoms with van der Waals surface area (Å²) in [7, 11) is 0. The van der Waals surface area contributed by atoms with Crippen LogP contribution in [0.15, 0.2) is 30.3 Å². The smallest absolute Gasteiger partial charge is 0.312 e. The highest BCUT2D eigenvalue weighted by atomic mass is 16.2. The van der Waals surface area contributed by atoms with Gasteiger partial charge >= 0.3 is 6.03 Å². The standard InChI is InChI=1S/C13H20N4O2/c14-9-11(8-10-4-2-1-3-5-10)12(18)16-6-7-17-13(15)19/h1-5,11H,6-9,14H2,(H,16,18)(H3,15,17,19). The molecule has 0 heterocycles. The number of carbonyl (C=O) groups excluding carboxylic acids is 2. The topological polar surface area (TPSA) is 110 Å². The molecule has 0 bridgehead atoms. The lowest BCUT2D eigenvalue weighted by molar-refractivity contribution is -0.124. The van der Waals surface area contributed by atoms with E-state index in [0.29, 0.717) is 19.5 Å². The van der Waals surface area contributed by atoms with E-state index in [1.165, 1.54) is 0 Å². The fourth-order valence-corrected chi connectivity index (χ4v) is 1.70. The molecular weight excluding hydrogens is 244 g/mol. The molecule has 0 aliphatic rings. The summed E-state index contributed by atoms with van der Waals surface area (Å²) in [5, 5.41) is 5.12. The zero-order valence-electron chi connectivity index (χ0n) is 10.8. The number of rotatable bonds is 7. The van der Waals surface area contributed by atoms with Crippen LogP contribution in [0.1, 0.15) is 5.56 Å². The number of urea groups is 1. The van der Waals surface area contributed by atoms with Crippen molar-refractivity contribution >= 4 is 11.9 Å². The summed E-state index contributed by atoms with van der Waals surface area (Å²) < 4.78 is 0. The highest BCUT2D eigenvalue weighted by molar-refractivity contribution is 5.79. The van der Waals surface area contributed by atoms with Crippen LogP contribution in [0.3, 0.4) is 0 Å². The van der Waals surface area contributed by atoms with Crippen LogP contribution in [0.2, 0.25) is 0 Å². The van der Waals surface area contributed by atoms with Crippen LogP contribution in [-0.2, 0) is 11.2 Å². The van der Waals surface area contributed by atoms with Crippen molar-refractivity contribution in [2.24, 2.45) is 17.4 Å². The maximum absolute atomic E-state index is 11.9. The average Bonchev–Trinajstić information content (AvgIpc) is 2.41. The van der Waals surface area contributed by atoms with Crippen molar-refractivity contribution in [3.05, 3.63) is 35.9 Å². The van der Waals surface area contributed by atoms with Crippen molar-refractivity contribution in [2.75, 3.05) is 19.6 Å². The maximum Gasteiger partial charge on any atom is 0.312 e. The van der Waals surface area contributed by atoms with Gasteiger partial charge in [0.15, 0.2) is 0 Å². The Bertz CT molecular complexity index is 408. The molecule has 0 aliphatic carbocycles. The number of benzene rings is 1. The van der Waals surface area contributed by atoms with Gasteiger partial charge < -0.3 is 22.1 Å². The van der Waals surface area contributed by atoms with E-state index in [-0.39, 0.29) is 18.4 Å². The van der Waals surface area contributed by atoms with Crippen molar-refractivity contribution in [3.63, 3.8) is 0 Å². The van der Waals surface area contributed by atoms with E-state index in [4.69, 9.17) is 11.5 Å². The molecule has 1 unspecified atom stereocenters. The van der Waals surface area contributed by atoms with Gasteiger partial charge in [-0.05, 0) is 12.0 Å². The number of carbonyl (C=O) groups is 2. The quantitative estimate of drug-likeness (QED) is 0.502. The number of hydrogen-bond acceptors (Lipinski definition) is 3. The zero-order chi connectivity index (χ0) is 14.1. The summed E-state index contributed by atoms with van der Waals surface area (Å²) in [6.45, 7) is 0.931. The van der Waals surface area contributed by atoms with Gasteiger partial charge in [0.2, 0.25) is 5.91 Å². The summed E-state index contributed by atoms with van der Waals surface area (Å²) >= 11 is 0. The third-order valence-corrected chi connectivity index (χ3v) is 2.70. The van der Waals surface area contributed by atoms with Crippen molar-refractivity contribution in [1.29, 1.82) is 0 Å². The Morgan fingerprint density at radius 2 is 1.74 bits per heavy atom. The van der Waals surface area contributed by atoms with Gasteiger partial charge in [0, 0.05) is 19.6 Å². The van der Waals surface area contributed by atoms with Crippen LogP contribution in [0.25, 0.3) is 0 Å². The van der Waals surface area contributed by atoms with Gasteiger partial charge in [0.05, 0.1) is 5.92 Å². The van der Waals surface area contributed by atoms with Crippen molar-refractivity contribution < 1.29 is 9.59 Å². The van der Waals surface area contributed by atoms with E-state index >= 15 is 0 Å². The Balaban J connectivity index is 2.37. The van der Waals surface area contributed by atoms with Gasteiger partial charge in [0.1, 0.15) is 0 Å². The molecule has 1 aromatic rings. The van der Waals surface area contributed by atoms with Crippen LogP contribution in [-0.4, -0.2) is 31.6 Å². The minimum atomic E-state index is -0.603. The second kappa shape index (κ2) is 8.10. The lowest BCUT2D eigenvalue weighted by Gasteiger charge is -2.15. The number of amides is 3. The highest BCUT2D eigenvalue weighted by Gasteiger charge is 2.16. The maximum atomic E-state index is 11.9. The van der Waals surface area contributed by atoms with E-state index in [9.17, 15) is 9.59 Å². The highest BCUT2D eigenvalue weighted by Crippen LogP contribution is 2.07. The summed E-state index contributed by atoms with van der Waals surface area (Å²) in [4.78, 5) is 22.3. The summed E-state index contributed by atoms with van der Waals surface area (Å²) in [6.07, 6.45) is 0.604.